The lowest BCUT2D eigenvalue weighted by Crippen LogP contribution is -2.04. The highest BCUT2D eigenvalue weighted by molar-refractivity contribution is 9.10. The van der Waals surface area contributed by atoms with Crippen LogP contribution in [-0.4, -0.2) is 18.1 Å². The third-order valence-corrected chi connectivity index (χ3v) is 1.96. The molecule has 0 aliphatic carbocycles. The summed E-state index contributed by atoms with van der Waals surface area (Å²) in [6.45, 7) is 1.88. The Morgan fingerprint density at radius 2 is 2.31 bits per heavy atom. The zero-order valence-corrected chi connectivity index (χ0v) is 9.09. The lowest BCUT2D eigenvalue weighted by atomic mass is 10.2. The topological polar surface area (TPSA) is 39.2 Å². The van der Waals surface area contributed by atoms with Crippen LogP contribution in [0.25, 0.3) is 0 Å². The highest BCUT2D eigenvalue weighted by Crippen LogP contribution is 2.11. The van der Waals surface area contributed by atoms with E-state index >= 15 is 0 Å². The molecule has 0 aliphatic heterocycles. The number of hydrogen-bond donors (Lipinski definition) is 0. The van der Waals surface area contributed by atoms with E-state index in [2.05, 4.69) is 25.7 Å². The van der Waals surface area contributed by atoms with E-state index in [1.165, 1.54) is 7.11 Å². The first-order valence-corrected chi connectivity index (χ1v) is 4.61. The van der Waals surface area contributed by atoms with Crippen molar-refractivity contribution in [2.45, 2.75) is 13.3 Å². The number of halogens is 1. The van der Waals surface area contributed by atoms with Gasteiger partial charge in [0.15, 0.2) is 0 Å². The van der Waals surface area contributed by atoms with Gasteiger partial charge in [0, 0.05) is 5.69 Å². The van der Waals surface area contributed by atoms with Gasteiger partial charge in [-0.25, -0.2) is 4.98 Å². The van der Waals surface area contributed by atoms with Crippen LogP contribution in [0, 0.1) is 6.92 Å². The van der Waals surface area contributed by atoms with Crippen LogP contribution in [0.1, 0.15) is 11.3 Å². The minimum absolute atomic E-state index is 0.238. The fourth-order valence-corrected chi connectivity index (χ4v) is 1.61. The van der Waals surface area contributed by atoms with Crippen molar-refractivity contribution < 1.29 is 9.53 Å². The van der Waals surface area contributed by atoms with Gasteiger partial charge in [-0.2, -0.15) is 0 Å². The molecule has 0 aliphatic rings. The molecular weight excluding hydrogens is 234 g/mol. The fraction of sp³-hybridized carbons (Fsp3) is 0.333. The SMILES string of the molecule is COC(=O)Cc1cc(C)nc(Br)c1. The van der Waals surface area contributed by atoms with Crippen LogP contribution >= 0.6 is 15.9 Å². The lowest BCUT2D eigenvalue weighted by Gasteiger charge is -2.01. The van der Waals surface area contributed by atoms with E-state index in [0.717, 1.165) is 15.9 Å². The monoisotopic (exact) mass is 243 g/mol. The van der Waals surface area contributed by atoms with Gasteiger partial charge in [-0.05, 0) is 40.5 Å². The van der Waals surface area contributed by atoms with Crippen molar-refractivity contribution in [3.05, 3.63) is 28.0 Å². The summed E-state index contributed by atoms with van der Waals surface area (Å²) >= 11 is 3.26. The average Bonchev–Trinajstić information content (AvgIpc) is 2.02. The van der Waals surface area contributed by atoms with E-state index < -0.39 is 0 Å². The molecule has 0 saturated heterocycles. The van der Waals surface area contributed by atoms with Gasteiger partial charge >= 0.3 is 5.97 Å². The van der Waals surface area contributed by atoms with Crippen molar-refractivity contribution in [2.75, 3.05) is 7.11 Å². The largest absolute Gasteiger partial charge is 0.469 e. The number of pyridine rings is 1. The zero-order chi connectivity index (χ0) is 9.84. The van der Waals surface area contributed by atoms with Gasteiger partial charge in [-0.15, -0.1) is 0 Å². The third-order valence-electron chi connectivity index (χ3n) is 1.56. The van der Waals surface area contributed by atoms with Gasteiger partial charge < -0.3 is 4.74 Å². The summed E-state index contributed by atoms with van der Waals surface area (Å²) in [7, 11) is 1.38. The van der Waals surface area contributed by atoms with E-state index in [4.69, 9.17) is 0 Å². The molecule has 70 valence electrons. The second-order valence-corrected chi connectivity index (χ2v) is 3.50. The number of aromatic nitrogens is 1. The molecule has 1 heterocycles. The molecule has 0 bridgehead atoms. The maximum absolute atomic E-state index is 10.9. The van der Waals surface area contributed by atoms with Crippen molar-refractivity contribution >= 4 is 21.9 Å². The number of carbonyl (C=O) groups excluding carboxylic acids is 1. The molecule has 0 spiro atoms. The van der Waals surface area contributed by atoms with Gasteiger partial charge in [0.05, 0.1) is 13.5 Å². The third kappa shape index (κ3) is 3.14. The molecule has 13 heavy (non-hydrogen) atoms. The van der Waals surface area contributed by atoms with Crippen LogP contribution in [0.3, 0.4) is 0 Å². The molecule has 0 aromatic carbocycles. The fourth-order valence-electron chi connectivity index (χ4n) is 1.04. The first kappa shape index (κ1) is 10.2. The first-order valence-electron chi connectivity index (χ1n) is 3.81. The number of nitrogens with zero attached hydrogens (tertiary/aromatic N) is 1. The van der Waals surface area contributed by atoms with E-state index in [9.17, 15) is 4.79 Å². The standard InChI is InChI=1S/C9H10BrNO2/c1-6-3-7(4-8(10)11-6)5-9(12)13-2/h3-4H,5H2,1-2H3. The Balaban J connectivity index is 2.83. The zero-order valence-electron chi connectivity index (χ0n) is 7.50. The number of hydrogen-bond acceptors (Lipinski definition) is 3. The summed E-state index contributed by atoms with van der Waals surface area (Å²) in [6.07, 6.45) is 0.290. The minimum atomic E-state index is -0.238. The minimum Gasteiger partial charge on any atom is -0.469 e. The molecule has 0 saturated carbocycles. The van der Waals surface area contributed by atoms with Gasteiger partial charge in [0.2, 0.25) is 0 Å². The first-order chi connectivity index (χ1) is 6.11. The Morgan fingerprint density at radius 1 is 1.62 bits per heavy atom. The molecule has 1 aromatic rings. The van der Waals surface area contributed by atoms with E-state index in [0.29, 0.717) is 6.42 Å². The summed E-state index contributed by atoms with van der Waals surface area (Å²) in [6, 6.07) is 3.67. The molecule has 0 fully saturated rings. The average molecular weight is 244 g/mol. The number of aryl methyl sites for hydroxylation is 1. The number of ether oxygens (including phenoxy) is 1. The number of esters is 1. The second-order valence-electron chi connectivity index (χ2n) is 2.69. The molecule has 1 aromatic heterocycles. The molecule has 0 unspecified atom stereocenters. The number of carbonyl (C=O) groups is 1. The van der Waals surface area contributed by atoms with Crippen LogP contribution < -0.4 is 0 Å². The molecule has 0 radical (unpaired) electrons. The Morgan fingerprint density at radius 3 is 2.85 bits per heavy atom. The molecule has 0 atom stereocenters. The Labute approximate surface area is 85.3 Å². The quantitative estimate of drug-likeness (QED) is 0.588. The molecule has 0 N–H and O–H groups in total. The van der Waals surface area contributed by atoms with E-state index in [1.807, 2.05) is 19.1 Å². The van der Waals surface area contributed by atoms with Crippen LogP contribution in [0.4, 0.5) is 0 Å². The number of rotatable bonds is 2. The van der Waals surface area contributed by atoms with Crippen molar-refractivity contribution in [3.63, 3.8) is 0 Å². The summed E-state index contributed by atoms with van der Waals surface area (Å²) in [4.78, 5) is 15.1. The predicted octanol–water partition coefficient (Wildman–Crippen LogP) is 1.87. The van der Waals surface area contributed by atoms with Gasteiger partial charge in [-0.3, -0.25) is 4.79 Å². The van der Waals surface area contributed by atoms with Crippen molar-refractivity contribution in [1.29, 1.82) is 0 Å². The summed E-state index contributed by atoms with van der Waals surface area (Å²) in [5.41, 5.74) is 1.79. The maximum atomic E-state index is 10.9. The van der Waals surface area contributed by atoms with Crippen molar-refractivity contribution in [2.24, 2.45) is 0 Å². The Kier molecular flexibility index (Phi) is 3.42. The Hall–Kier alpha value is -0.900. The summed E-state index contributed by atoms with van der Waals surface area (Å²) < 4.78 is 5.30. The summed E-state index contributed by atoms with van der Waals surface area (Å²) in [5.74, 6) is -0.238. The lowest BCUT2D eigenvalue weighted by molar-refractivity contribution is -0.139. The number of methoxy groups -OCH3 is 1. The highest BCUT2D eigenvalue weighted by Gasteiger charge is 2.04. The van der Waals surface area contributed by atoms with Gasteiger partial charge in [0.25, 0.3) is 0 Å². The maximum Gasteiger partial charge on any atom is 0.309 e. The predicted molar refractivity (Wildman–Crippen MR) is 52.4 cm³/mol. The van der Waals surface area contributed by atoms with E-state index in [-0.39, 0.29) is 5.97 Å². The van der Waals surface area contributed by atoms with Gasteiger partial charge in [-0.1, -0.05) is 0 Å². The molecular formula is C9H10BrNO2. The molecule has 1 rings (SSSR count). The Bertz CT molecular complexity index is 305. The summed E-state index contributed by atoms with van der Waals surface area (Å²) in [5, 5.41) is 0. The van der Waals surface area contributed by atoms with E-state index in [1.54, 1.807) is 0 Å². The van der Waals surface area contributed by atoms with Crippen LogP contribution in [0.2, 0.25) is 0 Å². The highest BCUT2D eigenvalue weighted by atomic mass is 79.9. The molecule has 4 heteroatoms. The second kappa shape index (κ2) is 4.37. The van der Waals surface area contributed by atoms with Crippen molar-refractivity contribution in [1.82, 2.24) is 4.98 Å². The smallest absolute Gasteiger partial charge is 0.309 e. The molecule has 0 amide bonds. The van der Waals surface area contributed by atoms with Crippen LogP contribution in [0.5, 0.6) is 0 Å². The van der Waals surface area contributed by atoms with Gasteiger partial charge in [0.1, 0.15) is 4.60 Å². The van der Waals surface area contributed by atoms with Crippen LogP contribution in [0.15, 0.2) is 16.7 Å². The van der Waals surface area contributed by atoms with Crippen molar-refractivity contribution in [3.8, 4) is 0 Å². The van der Waals surface area contributed by atoms with Crippen LogP contribution in [-0.2, 0) is 16.0 Å². The normalized spacial score (nSPS) is 9.77. The molecule has 3 nitrogen and oxygen atoms in total.